The molecule has 25 heavy (non-hydrogen) atoms. The molecule has 0 bridgehead atoms. The molecule has 1 saturated heterocycles. The molecular formula is C22H32N2O. The standard InChI is InChI=1S/C22H32N2O/c25-16-19-9-8-17(15-23-20-4-1-2-5-20)14-22(19)18-10-12-24(13-11-18)21-6-3-7-21/h8-9,14,16,18,20-21,23H,1-7,10-13,15H2. The average Bonchev–Trinajstić information content (AvgIpc) is 3.12. The maximum atomic E-state index is 11.6. The molecule has 2 saturated carbocycles. The van der Waals surface area contributed by atoms with Gasteiger partial charge >= 0.3 is 0 Å². The van der Waals surface area contributed by atoms with Gasteiger partial charge in [0.15, 0.2) is 0 Å². The Morgan fingerprint density at radius 2 is 1.76 bits per heavy atom. The number of likely N-dealkylation sites (tertiary alicyclic amines) is 1. The number of carbonyl (C=O) groups is 1. The summed E-state index contributed by atoms with van der Waals surface area (Å²) in [7, 11) is 0. The lowest BCUT2D eigenvalue weighted by atomic mass is 9.83. The van der Waals surface area contributed by atoms with Gasteiger partial charge in [-0.1, -0.05) is 37.5 Å². The van der Waals surface area contributed by atoms with Gasteiger partial charge in [-0.05, 0) is 68.7 Å². The minimum absolute atomic E-state index is 0.558. The molecule has 4 rings (SSSR count). The lowest BCUT2D eigenvalue weighted by molar-refractivity contribution is 0.0971. The Morgan fingerprint density at radius 3 is 2.40 bits per heavy atom. The van der Waals surface area contributed by atoms with Crippen molar-refractivity contribution < 1.29 is 4.79 Å². The molecule has 3 heteroatoms. The van der Waals surface area contributed by atoms with Crippen molar-refractivity contribution in [2.75, 3.05) is 13.1 Å². The highest BCUT2D eigenvalue weighted by molar-refractivity contribution is 5.77. The van der Waals surface area contributed by atoms with Crippen molar-refractivity contribution in [2.24, 2.45) is 0 Å². The highest BCUT2D eigenvalue weighted by Crippen LogP contribution is 2.34. The number of aldehydes is 1. The van der Waals surface area contributed by atoms with E-state index in [9.17, 15) is 4.79 Å². The molecule has 1 aromatic carbocycles. The van der Waals surface area contributed by atoms with Crippen LogP contribution in [0.25, 0.3) is 0 Å². The van der Waals surface area contributed by atoms with E-state index >= 15 is 0 Å². The van der Waals surface area contributed by atoms with Crippen LogP contribution in [0.4, 0.5) is 0 Å². The molecule has 1 aliphatic heterocycles. The van der Waals surface area contributed by atoms with Gasteiger partial charge in [-0.2, -0.15) is 0 Å². The fourth-order valence-electron chi connectivity index (χ4n) is 4.91. The molecule has 1 aromatic rings. The first-order valence-corrected chi connectivity index (χ1v) is 10.4. The molecule has 0 spiro atoms. The van der Waals surface area contributed by atoms with E-state index in [4.69, 9.17) is 0 Å². The monoisotopic (exact) mass is 340 g/mol. The van der Waals surface area contributed by atoms with Gasteiger partial charge in [0.05, 0.1) is 0 Å². The summed E-state index contributed by atoms with van der Waals surface area (Å²) in [5.41, 5.74) is 3.55. The van der Waals surface area contributed by atoms with Crippen LogP contribution >= 0.6 is 0 Å². The van der Waals surface area contributed by atoms with Crippen LogP contribution in [0.3, 0.4) is 0 Å². The summed E-state index contributed by atoms with van der Waals surface area (Å²) in [6.07, 6.45) is 13.0. The van der Waals surface area contributed by atoms with Gasteiger partial charge in [0.2, 0.25) is 0 Å². The Morgan fingerprint density at radius 1 is 1.00 bits per heavy atom. The molecule has 0 radical (unpaired) electrons. The third-order valence-corrected chi connectivity index (χ3v) is 6.79. The summed E-state index contributed by atoms with van der Waals surface area (Å²) in [5.74, 6) is 0.558. The fourth-order valence-corrected chi connectivity index (χ4v) is 4.91. The van der Waals surface area contributed by atoms with Crippen LogP contribution in [0.1, 0.15) is 85.2 Å². The number of rotatable bonds is 6. The van der Waals surface area contributed by atoms with Crippen molar-refractivity contribution in [1.29, 1.82) is 0 Å². The number of nitrogens with one attached hydrogen (secondary N) is 1. The van der Waals surface area contributed by atoms with Gasteiger partial charge in [0.25, 0.3) is 0 Å². The molecule has 0 aromatic heterocycles. The molecule has 0 unspecified atom stereocenters. The Hall–Kier alpha value is -1.19. The van der Waals surface area contributed by atoms with Crippen LogP contribution in [-0.4, -0.2) is 36.4 Å². The van der Waals surface area contributed by atoms with Crippen LogP contribution in [0.2, 0.25) is 0 Å². The molecular weight excluding hydrogens is 308 g/mol. The number of benzene rings is 1. The van der Waals surface area contributed by atoms with Gasteiger partial charge in [-0.15, -0.1) is 0 Å². The summed E-state index contributed by atoms with van der Waals surface area (Å²) < 4.78 is 0. The molecule has 0 atom stereocenters. The third-order valence-electron chi connectivity index (χ3n) is 6.79. The van der Waals surface area contributed by atoms with E-state index < -0.39 is 0 Å². The smallest absolute Gasteiger partial charge is 0.150 e. The lowest BCUT2D eigenvalue weighted by Crippen LogP contribution is -2.44. The zero-order chi connectivity index (χ0) is 17.1. The van der Waals surface area contributed by atoms with Crippen molar-refractivity contribution >= 4 is 6.29 Å². The highest BCUT2D eigenvalue weighted by Gasteiger charge is 2.30. The maximum absolute atomic E-state index is 11.6. The topological polar surface area (TPSA) is 32.3 Å². The number of hydrogen-bond acceptors (Lipinski definition) is 3. The first kappa shape index (κ1) is 17.2. The zero-order valence-corrected chi connectivity index (χ0v) is 15.4. The summed E-state index contributed by atoms with van der Waals surface area (Å²) in [6, 6.07) is 8.05. The normalized spacial score (nSPS) is 23.7. The van der Waals surface area contributed by atoms with Crippen LogP contribution in [0.5, 0.6) is 0 Å². The quantitative estimate of drug-likeness (QED) is 0.785. The molecule has 2 aliphatic carbocycles. The summed E-state index contributed by atoms with van der Waals surface area (Å²) in [5, 5.41) is 3.71. The van der Waals surface area contributed by atoms with E-state index in [0.717, 1.165) is 24.4 Å². The number of carbonyl (C=O) groups excluding carboxylic acids is 1. The van der Waals surface area contributed by atoms with Gasteiger partial charge in [0.1, 0.15) is 6.29 Å². The Bertz CT molecular complexity index is 582. The average molecular weight is 341 g/mol. The first-order valence-electron chi connectivity index (χ1n) is 10.4. The van der Waals surface area contributed by atoms with E-state index in [1.165, 1.54) is 82.0 Å². The van der Waals surface area contributed by atoms with Crippen molar-refractivity contribution in [2.45, 2.75) is 82.3 Å². The van der Waals surface area contributed by atoms with Gasteiger partial charge in [-0.25, -0.2) is 0 Å². The second-order valence-electron chi connectivity index (χ2n) is 8.34. The molecule has 0 amide bonds. The van der Waals surface area contributed by atoms with E-state index in [2.05, 4.69) is 22.3 Å². The predicted octanol–water partition coefficient (Wildman–Crippen LogP) is 4.26. The molecule has 136 valence electrons. The SMILES string of the molecule is O=Cc1ccc(CNC2CCCC2)cc1C1CCN(C2CCC2)CC1. The Balaban J connectivity index is 1.40. The van der Waals surface area contributed by atoms with Gasteiger partial charge in [0, 0.05) is 24.2 Å². The number of nitrogens with zero attached hydrogens (tertiary/aromatic N) is 1. The minimum atomic E-state index is 0.558. The summed E-state index contributed by atoms with van der Waals surface area (Å²) >= 11 is 0. The number of piperidine rings is 1. The van der Waals surface area contributed by atoms with Crippen molar-refractivity contribution in [3.8, 4) is 0 Å². The van der Waals surface area contributed by atoms with Crippen molar-refractivity contribution in [3.05, 3.63) is 34.9 Å². The first-order chi connectivity index (χ1) is 12.3. The third kappa shape index (κ3) is 3.98. The second-order valence-corrected chi connectivity index (χ2v) is 8.34. The molecule has 1 heterocycles. The van der Waals surface area contributed by atoms with Gasteiger partial charge < -0.3 is 10.2 Å². The largest absolute Gasteiger partial charge is 0.310 e. The molecule has 3 nitrogen and oxygen atoms in total. The fraction of sp³-hybridized carbons (Fsp3) is 0.682. The molecule has 1 N–H and O–H groups in total. The van der Waals surface area contributed by atoms with Crippen LogP contribution < -0.4 is 5.32 Å². The van der Waals surface area contributed by atoms with Gasteiger partial charge in [-0.3, -0.25) is 4.79 Å². The number of hydrogen-bond donors (Lipinski definition) is 1. The van der Waals surface area contributed by atoms with E-state index in [0.29, 0.717) is 12.0 Å². The zero-order valence-electron chi connectivity index (χ0n) is 15.4. The maximum Gasteiger partial charge on any atom is 0.150 e. The second kappa shape index (κ2) is 8.01. The van der Waals surface area contributed by atoms with Crippen LogP contribution in [0.15, 0.2) is 18.2 Å². The van der Waals surface area contributed by atoms with Crippen molar-refractivity contribution in [3.63, 3.8) is 0 Å². The highest BCUT2D eigenvalue weighted by atomic mass is 16.1. The minimum Gasteiger partial charge on any atom is -0.310 e. The molecule has 3 fully saturated rings. The summed E-state index contributed by atoms with van der Waals surface area (Å²) in [6.45, 7) is 3.36. The molecule has 3 aliphatic rings. The summed E-state index contributed by atoms with van der Waals surface area (Å²) in [4.78, 5) is 14.2. The predicted molar refractivity (Wildman–Crippen MR) is 102 cm³/mol. The van der Waals surface area contributed by atoms with E-state index in [-0.39, 0.29) is 0 Å². The van der Waals surface area contributed by atoms with E-state index in [1.807, 2.05) is 6.07 Å². The van der Waals surface area contributed by atoms with Crippen LogP contribution in [-0.2, 0) is 6.54 Å². The van der Waals surface area contributed by atoms with E-state index in [1.54, 1.807) is 0 Å². The Labute approximate surface area is 152 Å². The Kier molecular flexibility index (Phi) is 5.52. The lowest BCUT2D eigenvalue weighted by Gasteiger charge is -2.42. The van der Waals surface area contributed by atoms with Crippen LogP contribution in [0, 0.1) is 0 Å². The van der Waals surface area contributed by atoms with Crippen molar-refractivity contribution in [1.82, 2.24) is 10.2 Å².